The highest BCUT2D eigenvalue weighted by atomic mass is 32.2. The molecule has 0 amide bonds. The first-order chi connectivity index (χ1) is 6.88. The average molecular weight is 231 g/mol. The molecule has 1 unspecified atom stereocenters. The minimum absolute atomic E-state index is 0.105. The van der Waals surface area contributed by atoms with Crippen molar-refractivity contribution in [1.29, 1.82) is 0 Å². The zero-order valence-corrected chi connectivity index (χ0v) is 9.03. The summed E-state index contributed by atoms with van der Waals surface area (Å²) in [5, 5.41) is 18.9. The number of aromatic hydroxyl groups is 1. The van der Waals surface area contributed by atoms with Crippen LogP contribution < -0.4 is 5.73 Å². The van der Waals surface area contributed by atoms with Crippen LogP contribution in [0.2, 0.25) is 0 Å². The van der Waals surface area contributed by atoms with Crippen molar-refractivity contribution in [3.8, 4) is 5.75 Å². The third kappa shape index (κ3) is 2.47. The van der Waals surface area contributed by atoms with Gasteiger partial charge in [0.15, 0.2) is 9.84 Å². The summed E-state index contributed by atoms with van der Waals surface area (Å²) in [4.78, 5) is -0.261. The van der Waals surface area contributed by atoms with E-state index < -0.39 is 15.9 Å². The third-order valence-electron chi connectivity index (χ3n) is 1.98. The monoisotopic (exact) mass is 231 g/mol. The lowest BCUT2D eigenvalue weighted by molar-refractivity contribution is 0.183. The summed E-state index contributed by atoms with van der Waals surface area (Å²) in [5.74, 6) is -0.373. The largest absolute Gasteiger partial charge is 0.507 e. The fourth-order valence-corrected chi connectivity index (χ4v) is 2.42. The zero-order valence-electron chi connectivity index (χ0n) is 8.21. The predicted octanol–water partition coefficient (Wildman–Crippen LogP) is -0.212. The standard InChI is InChI=1S/C9H13NO4S/c1-15(13,14)9-6(8(12)5-10)3-2-4-7(9)11/h2-4,8,11-12H,5,10H2,1H3. The molecule has 0 bridgehead atoms. The SMILES string of the molecule is CS(=O)(=O)c1c(O)cccc1C(O)CN. The summed E-state index contributed by atoms with van der Waals surface area (Å²) in [7, 11) is -3.58. The topological polar surface area (TPSA) is 101 Å². The highest BCUT2D eigenvalue weighted by Crippen LogP contribution is 2.29. The highest BCUT2D eigenvalue weighted by molar-refractivity contribution is 7.90. The Kier molecular flexibility index (Phi) is 3.33. The number of hydrogen-bond acceptors (Lipinski definition) is 5. The van der Waals surface area contributed by atoms with Gasteiger partial charge in [0, 0.05) is 18.4 Å². The van der Waals surface area contributed by atoms with E-state index >= 15 is 0 Å². The number of aliphatic hydroxyl groups is 1. The lowest BCUT2D eigenvalue weighted by Crippen LogP contribution is -2.15. The van der Waals surface area contributed by atoms with Crippen LogP contribution >= 0.6 is 0 Å². The number of hydrogen-bond donors (Lipinski definition) is 3. The van der Waals surface area contributed by atoms with Gasteiger partial charge < -0.3 is 15.9 Å². The van der Waals surface area contributed by atoms with E-state index in [4.69, 9.17) is 5.73 Å². The smallest absolute Gasteiger partial charge is 0.179 e. The first-order valence-corrected chi connectivity index (χ1v) is 6.17. The van der Waals surface area contributed by atoms with E-state index in [-0.39, 0.29) is 22.8 Å². The van der Waals surface area contributed by atoms with E-state index in [1.165, 1.54) is 18.2 Å². The Balaban J connectivity index is 3.47. The minimum atomic E-state index is -3.58. The van der Waals surface area contributed by atoms with Gasteiger partial charge in [-0.15, -0.1) is 0 Å². The summed E-state index contributed by atoms with van der Waals surface area (Å²) in [5.41, 5.74) is 5.36. The van der Waals surface area contributed by atoms with Crippen LogP contribution in [-0.4, -0.2) is 31.4 Å². The van der Waals surface area contributed by atoms with Crippen LogP contribution in [-0.2, 0) is 9.84 Å². The maximum Gasteiger partial charge on any atom is 0.179 e. The molecule has 0 fully saturated rings. The quantitative estimate of drug-likeness (QED) is 0.668. The van der Waals surface area contributed by atoms with Crippen molar-refractivity contribution in [2.24, 2.45) is 5.73 Å². The Morgan fingerprint density at radius 1 is 1.47 bits per heavy atom. The molecule has 0 saturated heterocycles. The van der Waals surface area contributed by atoms with Crippen molar-refractivity contribution >= 4 is 9.84 Å². The van der Waals surface area contributed by atoms with Gasteiger partial charge in [0.1, 0.15) is 10.6 Å². The van der Waals surface area contributed by atoms with Crippen molar-refractivity contribution in [2.75, 3.05) is 12.8 Å². The van der Waals surface area contributed by atoms with Gasteiger partial charge in [0.05, 0.1) is 6.10 Å². The third-order valence-corrected chi connectivity index (χ3v) is 3.16. The number of nitrogens with two attached hydrogens (primary N) is 1. The molecular formula is C9H13NO4S. The average Bonchev–Trinajstić information content (AvgIpc) is 2.14. The molecule has 0 radical (unpaired) electrons. The zero-order chi connectivity index (χ0) is 11.6. The molecule has 15 heavy (non-hydrogen) atoms. The number of phenolic OH excluding ortho intramolecular Hbond substituents is 1. The second-order valence-electron chi connectivity index (χ2n) is 3.22. The summed E-state index contributed by atoms with van der Waals surface area (Å²) >= 11 is 0. The Labute approximate surface area is 88.1 Å². The van der Waals surface area contributed by atoms with Crippen molar-refractivity contribution in [3.63, 3.8) is 0 Å². The molecule has 0 aromatic heterocycles. The van der Waals surface area contributed by atoms with E-state index in [1.807, 2.05) is 0 Å². The number of benzene rings is 1. The fraction of sp³-hybridized carbons (Fsp3) is 0.333. The van der Waals surface area contributed by atoms with E-state index in [0.717, 1.165) is 6.26 Å². The van der Waals surface area contributed by atoms with Crippen molar-refractivity contribution in [1.82, 2.24) is 0 Å². The molecule has 0 aliphatic heterocycles. The Morgan fingerprint density at radius 2 is 2.07 bits per heavy atom. The van der Waals surface area contributed by atoms with Gasteiger partial charge in [0.2, 0.25) is 0 Å². The van der Waals surface area contributed by atoms with Crippen molar-refractivity contribution < 1.29 is 18.6 Å². The second kappa shape index (κ2) is 4.18. The molecule has 4 N–H and O–H groups in total. The normalized spacial score (nSPS) is 13.8. The predicted molar refractivity (Wildman–Crippen MR) is 55.2 cm³/mol. The van der Waals surface area contributed by atoms with Gasteiger partial charge in [-0.3, -0.25) is 0 Å². The van der Waals surface area contributed by atoms with Crippen LogP contribution in [0.5, 0.6) is 5.75 Å². The van der Waals surface area contributed by atoms with Gasteiger partial charge in [-0.05, 0) is 6.07 Å². The molecule has 0 saturated carbocycles. The lowest BCUT2D eigenvalue weighted by atomic mass is 10.1. The van der Waals surface area contributed by atoms with Gasteiger partial charge in [-0.25, -0.2) is 8.42 Å². The van der Waals surface area contributed by atoms with E-state index in [1.54, 1.807) is 0 Å². The maximum absolute atomic E-state index is 11.4. The van der Waals surface area contributed by atoms with Crippen LogP contribution in [0.4, 0.5) is 0 Å². The summed E-state index contributed by atoms with van der Waals surface area (Å²) in [6.07, 6.45) is -0.128. The Bertz CT molecular complexity index is 455. The van der Waals surface area contributed by atoms with Crippen LogP contribution in [0.25, 0.3) is 0 Å². The molecule has 1 aromatic carbocycles. The minimum Gasteiger partial charge on any atom is -0.507 e. The fourth-order valence-electron chi connectivity index (χ4n) is 1.34. The number of aliphatic hydroxyl groups excluding tert-OH is 1. The Hall–Kier alpha value is -1.11. The molecular weight excluding hydrogens is 218 g/mol. The van der Waals surface area contributed by atoms with Gasteiger partial charge in [0.25, 0.3) is 0 Å². The van der Waals surface area contributed by atoms with Crippen molar-refractivity contribution in [3.05, 3.63) is 23.8 Å². The maximum atomic E-state index is 11.4. The van der Waals surface area contributed by atoms with E-state index in [2.05, 4.69) is 0 Å². The molecule has 0 spiro atoms. The Morgan fingerprint density at radius 3 is 2.53 bits per heavy atom. The second-order valence-corrected chi connectivity index (χ2v) is 5.17. The van der Waals surface area contributed by atoms with Gasteiger partial charge in [-0.1, -0.05) is 12.1 Å². The van der Waals surface area contributed by atoms with Crippen molar-refractivity contribution in [2.45, 2.75) is 11.0 Å². The summed E-state index contributed by atoms with van der Waals surface area (Å²) < 4.78 is 22.8. The highest BCUT2D eigenvalue weighted by Gasteiger charge is 2.21. The summed E-state index contributed by atoms with van der Waals surface area (Å²) in [6, 6.07) is 4.13. The van der Waals surface area contributed by atoms with E-state index in [0.29, 0.717) is 0 Å². The van der Waals surface area contributed by atoms with E-state index in [9.17, 15) is 18.6 Å². The van der Waals surface area contributed by atoms with Crippen LogP contribution in [0.1, 0.15) is 11.7 Å². The summed E-state index contributed by atoms with van der Waals surface area (Å²) in [6.45, 7) is -0.105. The molecule has 1 aromatic rings. The first kappa shape index (κ1) is 12.0. The number of rotatable bonds is 3. The van der Waals surface area contributed by atoms with Crippen LogP contribution in [0, 0.1) is 0 Å². The molecule has 0 aliphatic rings. The molecule has 6 heteroatoms. The molecule has 5 nitrogen and oxygen atoms in total. The van der Waals surface area contributed by atoms with Crippen LogP contribution in [0.15, 0.2) is 23.1 Å². The lowest BCUT2D eigenvalue weighted by Gasteiger charge is -2.13. The first-order valence-electron chi connectivity index (χ1n) is 4.28. The van der Waals surface area contributed by atoms with Gasteiger partial charge in [-0.2, -0.15) is 0 Å². The molecule has 0 aliphatic carbocycles. The molecule has 1 rings (SSSR count). The van der Waals surface area contributed by atoms with Gasteiger partial charge >= 0.3 is 0 Å². The molecule has 84 valence electrons. The number of phenols is 1. The molecule has 1 atom stereocenters. The van der Waals surface area contributed by atoms with Crippen LogP contribution in [0.3, 0.4) is 0 Å². The molecule has 0 heterocycles. The number of sulfone groups is 1.